The van der Waals surface area contributed by atoms with Gasteiger partial charge in [-0.15, -0.1) is 0 Å². The van der Waals surface area contributed by atoms with Crippen LogP contribution < -0.4 is 4.74 Å². The molecule has 0 heterocycles. The summed E-state index contributed by atoms with van der Waals surface area (Å²) in [5.41, 5.74) is 0.374. The average molecular weight is 206 g/mol. The Labute approximate surface area is 91.3 Å². The highest BCUT2D eigenvalue weighted by molar-refractivity contribution is 6.00. The van der Waals surface area contributed by atoms with Gasteiger partial charge < -0.3 is 4.74 Å². The van der Waals surface area contributed by atoms with Crippen LogP contribution in [0.4, 0.5) is 0 Å². The van der Waals surface area contributed by atoms with E-state index in [1.807, 2.05) is 45.9 Å². The first-order valence-corrected chi connectivity index (χ1v) is 5.23. The van der Waals surface area contributed by atoms with Gasteiger partial charge in [-0.1, -0.05) is 32.9 Å². The minimum atomic E-state index is -0.342. The Morgan fingerprint density at radius 3 is 2.53 bits per heavy atom. The van der Waals surface area contributed by atoms with E-state index in [9.17, 15) is 4.79 Å². The highest BCUT2D eigenvalue weighted by atomic mass is 16.5. The number of carbonyl (C=O) groups excluding carboxylic acids is 1. The summed E-state index contributed by atoms with van der Waals surface area (Å²) in [5, 5.41) is 0. The summed E-state index contributed by atoms with van der Waals surface area (Å²) in [6.45, 7) is 8.31. The van der Waals surface area contributed by atoms with Crippen molar-refractivity contribution in [3.05, 3.63) is 29.8 Å². The minimum Gasteiger partial charge on any atom is -0.494 e. The molecular formula is C13H18O2. The van der Waals surface area contributed by atoms with Gasteiger partial charge in [0.15, 0.2) is 5.78 Å². The lowest BCUT2D eigenvalue weighted by molar-refractivity contribution is 0.0858. The summed E-state index contributed by atoms with van der Waals surface area (Å²) in [4.78, 5) is 12.0. The molecule has 2 heteroatoms. The number of ether oxygens (including phenoxy) is 1. The summed E-state index contributed by atoms with van der Waals surface area (Å²) in [6, 6.07) is 7.35. The van der Waals surface area contributed by atoms with E-state index in [2.05, 4.69) is 0 Å². The maximum Gasteiger partial charge on any atom is 0.168 e. The second kappa shape index (κ2) is 4.47. The average Bonchev–Trinajstić information content (AvgIpc) is 2.16. The van der Waals surface area contributed by atoms with Crippen molar-refractivity contribution in [3.8, 4) is 5.75 Å². The normalized spacial score (nSPS) is 11.2. The molecule has 0 N–H and O–H groups in total. The monoisotopic (exact) mass is 206 g/mol. The van der Waals surface area contributed by atoms with Gasteiger partial charge in [-0.25, -0.2) is 0 Å². The van der Waals surface area contributed by atoms with E-state index >= 15 is 0 Å². The largest absolute Gasteiger partial charge is 0.494 e. The maximum absolute atomic E-state index is 12.0. The van der Waals surface area contributed by atoms with Crippen molar-refractivity contribution in [2.45, 2.75) is 27.7 Å². The molecule has 1 rings (SSSR count). The third-order valence-electron chi connectivity index (χ3n) is 2.09. The van der Waals surface area contributed by atoms with Gasteiger partial charge in [0.25, 0.3) is 0 Å². The van der Waals surface area contributed by atoms with Gasteiger partial charge in [0, 0.05) is 11.0 Å². The van der Waals surface area contributed by atoms with Crippen LogP contribution in [-0.2, 0) is 0 Å². The molecule has 0 aliphatic carbocycles. The van der Waals surface area contributed by atoms with Crippen LogP contribution in [0.5, 0.6) is 5.75 Å². The van der Waals surface area contributed by atoms with Gasteiger partial charge in [0.05, 0.1) is 6.61 Å². The fourth-order valence-corrected chi connectivity index (χ4v) is 1.33. The fraction of sp³-hybridized carbons (Fsp3) is 0.462. The van der Waals surface area contributed by atoms with Crippen molar-refractivity contribution in [3.63, 3.8) is 0 Å². The lowest BCUT2D eigenvalue weighted by atomic mass is 9.86. The highest BCUT2D eigenvalue weighted by Gasteiger charge is 2.22. The van der Waals surface area contributed by atoms with E-state index in [0.29, 0.717) is 12.2 Å². The Bertz CT molecular complexity index is 348. The Balaban J connectivity index is 2.95. The van der Waals surface area contributed by atoms with Crippen molar-refractivity contribution in [2.75, 3.05) is 6.61 Å². The zero-order valence-corrected chi connectivity index (χ0v) is 9.83. The topological polar surface area (TPSA) is 26.3 Å². The van der Waals surface area contributed by atoms with Gasteiger partial charge in [0.2, 0.25) is 0 Å². The summed E-state index contributed by atoms with van der Waals surface area (Å²) < 4.78 is 5.36. The first kappa shape index (κ1) is 11.8. The Kier molecular flexibility index (Phi) is 3.51. The van der Waals surface area contributed by atoms with Crippen molar-refractivity contribution in [1.82, 2.24) is 0 Å². The molecule has 0 radical (unpaired) electrons. The lowest BCUT2D eigenvalue weighted by Gasteiger charge is -2.16. The molecule has 2 nitrogen and oxygen atoms in total. The summed E-state index contributed by atoms with van der Waals surface area (Å²) in [7, 11) is 0. The second-order valence-corrected chi connectivity index (χ2v) is 4.54. The molecule has 82 valence electrons. The van der Waals surface area contributed by atoms with Crippen molar-refractivity contribution >= 4 is 5.78 Å². The molecular weight excluding hydrogens is 188 g/mol. The molecule has 0 bridgehead atoms. The molecule has 0 atom stereocenters. The number of Topliss-reactive ketones (excluding diaryl/α,β-unsaturated/α-hetero) is 1. The number of carbonyl (C=O) groups is 1. The second-order valence-electron chi connectivity index (χ2n) is 4.54. The molecule has 0 saturated heterocycles. The summed E-state index contributed by atoms with van der Waals surface area (Å²) >= 11 is 0. The molecule has 0 fully saturated rings. The predicted molar refractivity (Wildman–Crippen MR) is 61.4 cm³/mol. The van der Waals surface area contributed by atoms with Crippen molar-refractivity contribution in [1.29, 1.82) is 0 Å². The summed E-state index contributed by atoms with van der Waals surface area (Å²) in [6.07, 6.45) is 0. The number of rotatable bonds is 3. The predicted octanol–water partition coefficient (Wildman–Crippen LogP) is 3.31. The van der Waals surface area contributed by atoms with E-state index in [1.54, 1.807) is 6.07 Å². The Hall–Kier alpha value is -1.31. The van der Waals surface area contributed by atoms with Gasteiger partial charge in [0.1, 0.15) is 5.75 Å². The highest BCUT2D eigenvalue weighted by Crippen LogP contribution is 2.23. The quantitative estimate of drug-likeness (QED) is 0.709. The van der Waals surface area contributed by atoms with Crippen LogP contribution in [0.3, 0.4) is 0 Å². The first-order chi connectivity index (χ1) is 6.95. The Morgan fingerprint density at radius 2 is 2.00 bits per heavy atom. The number of ketones is 1. The van der Waals surface area contributed by atoms with Crippen LogP contribution in [0, 0.1) is 5.41 Å². The standard InChI is InChI=1S/C13H18O2/c1-5-15-11-8-6-7-10(9-11)12(14)13(2,3)4/h6-9H,5H2,1-4H3. The maximum atomic E-state index is 12.0. The third-order valence-corrected chi connectivity index (χ3v) is 2.09. The molecule has 0 unspecified atom stereocenters. The zero-order valence-electron chi connectivity index (χ0n) is 9.83. The minimum absolute atomic E-state index is 0.143. The number of benzene rings is 1. The molecule has 0 aliphatic rings. The lowest BCUT2D eigenvalue weighted by Crippen LogP contribution is -2.20. The van der Waals surface area contributed by atoms with Crippen LogP contribution in [0.15, 0.2) is 24.3 Å². The SMILES string of the molecule is CCOc1cccc(C(=O)C(C)(C)C)c1. The molecule has 0 aliphatic heterocycles. The van der Waals surface area contributed by atoms with Crippen molar-refractivity contribution in [2.24, 2.45) is 5.41 Å². The van der Waals surface area contributed by atoms with Gasteiger partial charge in [-0.2, -0.15) is 0 Å². The van der Waals surface area contributed by atoms with E-state index in [1.165, 1.54) is 0 Å². The number of hydrogen-bond acceptors (Lipinski definition) is 2. The molecule has 0 amide bonds. The fourth-order valence-electron chi connectivity index (χ4n) is 1.33. The third kappa shape index (κ3) is 3.08. The first-order valence-electron chi connectivity index (χ1n) is 5.23. The molecule has 1 aromatic rings. The van der Waals surface area contributed by atoms with Crippen LogP contribution in [0.25, 0.3) is 0 Å². The van der Waals surface area contributed by atoms with E-state index in [4.69, 9.17) is 4.74 Å². The summed E-state index contributed by atoms with van der Waals surface area (Å²) in [5.74, 6) is 0.900. The van der Waals surface area contributed by atoms with E-state index in [-0.39, 0.29) is 11.2 Å². The molecule has 15 heavy (non-hydrogen) atoms. The smallest absolute Gasteiger partial charge is 0.168 e. The van der Waals surface area contributed by atoms with Gasteiger partial charge >= 0.3 is 0 Å². The van der Waals surface area contributed by atoms with E-state index < -0.39 is 0 Å². The van der Waals surface area contributed by atoms with E-state index in [0.717, 1.165) is 5.75 Å². The molecule has 0 aromatic heterocycles. The zero-order chi connectivity index (χ0) is 11.5. The number of hydrogen-bond donors (Lipinski definition) is 0. The molecule has 1 aromatic carbocycles. The Morgan fingerprint density at radius 1 is 1.33 bits per heavy atom. The molecule has 0 spiro atoms. The van der Waals surface area contributed by atoms with Crippen LogP contribution >= 0.6 is 0 Å². The molecule has 0 saturated carbocycles. The van der Waals surface area contributed by atoms with Gasteiger partial charge in [-0.3, -0.25) is 4.79 Å². The van der Waals surface area contributed by atoms with Crippen molar-refractivity contribution < 1.29 is 9.53 Å². The van der Waals surface area contributed by atoms with Crippen LogP contribution in [0.2, 0.25) is 0 Å². The van der Waals surface area contributed by atoms with Gasteiger partial charge in [-0.05, 0) is 19.1 Å². The van der Waals surface area contributed by atoms with Crippen LogP contribution in [-0.4, -0.2) is 12.4 Å². The van der Waals surface area contributed by atoms with Crippen LogP contribution in [0.1, 0.15) is 38.1 Å².